The molecular formula is C23H27N3OS. The van der Waals surface area contributed by atoms with E-state index in [-0.39, 0.29) is 0 Å². The van der Waals surface area contributed by atoms with E-state index < -0.39 is 0 Å². The van der Waals surface area contributed by atoms with Crippen LogP contribution in [0.2, 0.25) is 0 Å². The zero-order valence-corrected chi connectivity index (χ0v) is 17.5. The fraction of sp³-hybridized carbons (Fsp3) is 0.391. The Hall–Kier alpha value is -2.58. The van der Waals surface area contributed by atoms with E-state index in [0.717, 1.165) is 59.9 Å². The van der Waals surface area contributed by atoms with Crippen molar-refractivity contribution in [3.05, 3.63) is 52.4 Å². The third-order valence-corrected chi connectivity index (χ3v) is 6.27. The predicted octanol–water partition coefficient (Wildman–Crippen LogP) is 5.66. The molecule has 0 aliphatic heterocycles. The highest BCUT2D eigenvalue weighted by Crippen LogP contribution is 2.39. The number of hydrogen-bond acceptors (Lipinski definition) is 5. The second kappa shape index (κ2) is 9.57. The highest BCUT2D eigenvalue weighted by Gasteiger charge is 2.20. The van der Waals surface area contributed by atoms with Gasteiger partial charge in [0.05, 0.1) is 5.56 Å². The Morgan fingerprint density at radius 2 is 2.07 bits per heavy atom. The fourth-order valence-corrected chi connectivity index (χ4v) is 4.76. The number of nitrogens with zero attached hydrogens (tertiary/aromatic N) is 3. The topological polar surface area (TPSA) is 48.6 Å². The maximum Gasteiger partial charge on any atom is 0.134 e. The summed E-state index contributed by atoms with van der Waals surface area (Å²) in [6.45, 7) is 10.4. The molecule has 0 fully saturated rings. The van der Waals surface area contributed by atoms with Gasteiger partial charge in [-0.05, 0) is 57.2 Å². The minimum atomic E-state index is 0.444. The van der Waals surface area contributed by atoms with Gasteiger partial charge in [-0.1, -0.05) is 12.7 Å². The molecule has 146 valence electrons. The van der Waals surface area contributed by atoms with Crippen LogP contribution in [0.15, 0.2) is 35.8 Å². The van der Waals surface area contributed by atoms with Gasteiger partial charge in [-0.25, -0.2) is 4.99 Å². The van der Waals surface area contributed by atoms with E-state index in [2.05, 4.69) is 48.5 Å². The van der Waals surface area contributed by atoms with Crippen LogP contribution in [0, 0.1) is 11.3 Å². The molecule has 1 aromatic carbocycles. The smallest absolute Gasteiger partial charge is 0.134 e. The number of ether oxygens (including phenoxy) is 1. The lowest BCUT2D eigenvalue weighted by atomic mass is 9.96. The van der Waals surface area contributed by atoms with E-state index in [9.17, 15) is 5.26 Å². The molecule has 0 saturated carbocycles. The molecule has 2 aromatic rings. The molecule has 0 N–H and O–H groups in total. The molecule has 0 unspecified atom stereocenters. The number of fused-ring (bicyclic) bond motifs is 1. The average Bonchev–Trinajstić information content (AvgIpc) is 3.09. The Morgan fingerprint density at radius 1 is 1.29 bits per heavy atom. The number of aliphatic imine (C=N–C) groups is 1. The van der Waals surface area contributed by atoms with Gasteiger partial charge in [-0.3, -0.25) is 0 Å². The summed E-state index contributed by atoms with van der Waals surface area (Å²) < 4.78 is 5.89. The van der Waals surface area contributed by atoms with Crippen molar-refractivity contribution in [2.75, 3.05) is 24.6 Å². The van der Waals surface area contributed by atoms with Crippen LogP contribution in [0.1, 0.15) is 48.3 Å². The standard InChI is InChI=1S/C23H27N3OS/c1-4-13-27-21-14-18(26(5-2)6-3)12-11-17(21)16-25-23-20(15-24)19-9-7-8-10-22(19)28-23/h4,11-12,14,16H,1,5-10,13H2,2-3H3. The summed E-state index contributed by atoms with van der Waals surface area (Å²) in [6, 6.07) is 8.57. The summed E-state index contributed by atoms with van der Waals surface area (Å²) >= 11 is 1.66. The summed E-state index contributed by atoms with van der Waals surface area (Å²) in [6.07, 6.45) is 7.99. The Kier molecular flexibility index (Phi) is 6.89. The Morgan fingerprint density at radius 3 is 2.79 bits per heavy atom. The molecular weight excluding hydrogens is 366 g/mol. The van der Waals surface area contributed by atoms with Crippen LogP contribution in [-0.4, -0.2) is 25.9 Å². The summed E-state index contributed by atoms with van der Waals surface area (Å²) in [7, 11) is 0. The van der Waals surface area contributed by atoms with E-state index >= 15 is 0 Å². The molecule has 1 heterocycles. The largest absolute Gasteiger partial charge is 0.489 e. The molecule has 5 heteroatoms. The van der Waals surface area contributed by atoms with Gasteiger partial charge in [0.1, 0.15) is 23.4 Å². The van der Waals surface area contributed by atoms with Gasteiger partial charge in [0, 0.05) is 41.5 Å². The van der Waals surface area contributed by atoms with Crippen LogP contribution >= 0.6 is 11.3 Å². The van der Waals surface area contributed by atoms with Crippen LogP contribution in [0.3, 0.4) is 0 Å². The highest BCUT2D eigenvalue weighted by molar-refractivity contribution is 7.16. The molecule has 1 aliphatic rings. The zero-order valence-electron chi connectivity index (χ0n) is 16.7. The van der Waals surface area contributed by atoms with Crippen molar-refractivity contribution in [3.63, 3.8) is 0 Å². The maximum atomic E-state index is 9.62. The third-order valence-electron chi connectivity index (χ3n) is 5.07. The molecule has 0 amide bonds. The summed E-state index contributed by atoms with van der Waals surface area (Å²) in [5, 5.41) is 10.4. The number of aryl methyl sites for hydroxylation is 1. The molecule has 28 heavy (non-hydrogen) atoms. The molecule has 3 rings (SSSR count). The van der Waals surface area contributed by atoms with Gasteiger partial charge in [-0.2, -0.15) is 5.26 Å². The molecule has 1 aromatic heterocycles. The number of anilines is 1. The summed E-state index contributed by atoms with van der Waals surface area (Å²) in [4.78, 5) is 8.30. The predicted molar refractivity (Wildman–Crippen MR) is 119 cm³/mol. The Labute approximate surface area is 171 Å². The van der Waals surface area contributed by atoms with E-state index in [1.165, 1.54) is 16.9 Å². The van der Waals surface area contributed by atoms with Gasteiger partial charge in [-0.15, -0.1) is 11.3 Å². The van der Waals surface area contributed by atoms with Crippen molar-refractivity contribution >= 4 is 28.2 Å². The van der Waals surface area contributed by atoms with Gasteiger partial charge in [0.15, 0.2) is 0 Å². The van der Waals surface area contributed by atoms with Gasteiger partial charge >= 0.3 is 0 Å². The molecule has 0 atom stereocenters. The van der Waals surface area contributed by atoms with Crippen molar-refractivity contribution in [1.82, 2.24) is 0 Å². The van der Waals surface area contributed by atoms with E-state index in [0.29, 0.717) is 6.61 Å². The van der Waals surface area contributed by atoms with Crippen LogP contribution in [0.25, 0.3) is 0 Å². The van der Waals surface area contributed by atoms with Crippen LogP contribution in [0.4, 0.5) is 10.7 Å². The molecule has 4 nitrogen and oxygen atoms in total. The van der Waals surface area contributed by atoms with Gasteiger partial charge in [0.2, 0.25) is 0 Å². The second-order valence-electron chi connectivity index (χ2n) is 6.76. The molecule has 0 spiro atoms. The van der Waals surface area contributed by atoms with Crippen molar-refractivity contribution < 1.29 is 4.74 Å². The Balaban J connectivity index is 1.94. The lowest BCUT2D eigenvalue weighted by Gasteiger charge is -2.22. The van der Waals surface area contributed by atoms with Crippen molar-refractivity contribution in [2.45, 2.75) is 39.5 Å². The number of rotatable bonds is 8. The summed E-state index contributed by atoms with van der Waals surface area (Å²) in [5.74, 6) is 0.785. The second-order valence-corrected chi connectivity index (χ2v) is 7.84. The highest BCUT2D eigenvalue weighted by atomic mass is 32.1. The Bertz CT molecular complexity index is 903. The van der Waals surface area contributed by atoms with E-state index in [1.807, 2.05) is 12.3 Å². The lowest BCUT2D eigenvalue weighted by Crippen LogP contribution is -2.21. The number of thiophene rings is 1. The number of hydrogen-bond donors (Lipinski definition) is 0. The average molecular weight is 394 g/mol. The first-order valence-electron chi connectivity index (χ1n) is 9.93. The van der Waals surface area contributed by atoms with Crippen LogP contribution in [-0.2, 0) is 12.8 Å². The van der Waals surface area contributed by atoms with E-state index in [1.54, 1.807) is 17.4 Å². The summed E-state index contributed by atoms with van der Waals surface area (Å²) in [5.41, 5.74) is 4.01. The minimum absolute atomic E-state index is 0.444. The zero-order chi connectivity index (χ0) is 19.9. The monoisotopic (exact) mass is 393 g/mol. The normalized spacial score (nSPS) is 13.2. The van der Waals surface area contributed by atoms with Crippen LogP contribution < -0.4 is 9.64 Å². The molecule has 0 bridgehead atoms. The fourth-order valence-electron chi connectivity index (χ4n) is 3.57. The molecule has 1 aliphatic carbocycles. The molecule has 0 radical (unpaired) electrons. The quantitative estimate of drug-likeness (QED) is 0.429. The first-order chi connectivity index (χ1) is 13.7. The van der Waals surface area contributed by atoms with Crippen molar-refractivity contribution in [2.24, 2.45) is 4.99 Å². The molecule has 0 saturated heterocycles. The minimum Gasteiger partial charge on any atom is -0.489 e. The van der Waals surface area contributed by atoms with Gasteiger partial charge < -0.3 is 9.64 Å². The first kappa shape index (κ1) is 20.2. The number of nitriles is 1. The van der Waals surface area contributed by atoms with Crippen molar-refractivity contribution in [1.29, 1.82) is 5.26 Å². The van der Waals surface area contributed by atoms with Crippen molar-refractivity contribution in [3.8, 4) is 11.8 Å². The maximum absolute atomic E-state index is 9.62. The van der Waals surface area contributed by atoms with Crippen LogP contribution in [0.5, 0.6) is 5.75 Å². The van der Waals surface area contributed by atoms with Gasteiger partial charge in [0.25, 0.3) is 0 Å². The van der Waals surface area contributed by atoms with E-state index in [4.69, 9.17) is 4.74 Å². The lowest BCUT2D eigenvalue weighted by molar-refractivity contribution is 0.363. The number of benzene rings is 1. The first-order valence-corrected chi connectivity index (χ1v) is 10.7. The third kappa shape index (κ3) is 4.28. The SMILES string of the molecule is C=CCOc1cc(N(CC)CC)ccc1C=Nc1sc2c(c1C#N)CCCC2.